The van der Waals surface area contributed by atoms with Crippen LogP contribution in [-0.4, -0.2) is 103 Å². The van der Waals surface area contributed by atoms with E-state index in [2.05, 4.69) is 26.0 Å². The van der Waals surface area contributed by atoms with Crippen LogP contribution in [0.5, 0.6) is 0 Å². The molecule has 0 spiro atoms. The number of carbonyl (C=O) groups is 4. The highest BCUT2D eigenvalue weighted by molar-refractivity contribution is 8.03. The zero-order valence-corrected chi connectivity index (χ0v) is 20.7. The van der Waals surface area contributed by atoms with Crippen LogP contribution in [0.15, 0.2) is 10.6 Å². The van der Waals surface area contributed by atoms with Gasteiger partial charge in [-0.2, -0.15) is 4.80 Å². The maximum Gasteiger partial charge on any atom is 0.353 e. The predicted molar refractivity (Wildman–Crippen MR) is 124 cm³/mol. The number of amides is 3. The van der Waals surface area contributed by atoms with E-state index in [1.54, 1.807) is 21.0 Å². The molecule has 0 unspecified atom stereocenters. The van der Waals surface area contributed by atoms with Crippen molar-refractivity contribution >= 4 is 41.4 Å². The number of hydrogen-bond donors (Lipinski definition) is 4. The van der Waals surface area contributed by atoms with Crippen molar-refractivity contribution < 1.29 is 24.3 Å². The normalized spacial score (nSPS) is 28.5. The average molecular weight is 508 g/mol. The van der Waals surface area contributed by atoms with Gasteiger partial charge < -0.3 is 31.3 Å². The van der Waals surface area contributed by atoms with Gasteiger partial charge in [-0.1, -0.05) is 12.0 Å². The maximum absolute atomic E-state index is 13.0. The lowest BCUT2D eigenvalue weighted by atomic mass is 9.78. The van der Waals surface area contributed by atoms with Crippen molar-refractivity contribution in [2.24, 2.45) is 11.8 Å². The SMILES string of the molecule is C[C@@H](NC(=O)Cn1nnc(N)n1)[C@H]1C(=O)N2C(C(=O)O)=C(S[C@@H]3CN[C@H](C(=O)N(C)C)C3)[C@H](C)[C@H]12. The Morgan fingerprint density at radius 3 is 2.69 bits per heavy atom. The molecular formula is C20H29N9O5S. The lowest BCUT2D eigenvalue weighted by Crippen LogP contribution is -2.66. The average Bonchev–Trinajstić information content (AvgIpc) is 3.46. The summed E-state index contributed by atoms with van der Waals surface area (Å²) in [4.78, 5) is 54.4. The van der Waals surface area contributed by atoms with E-state index in [0.717, 1.165) is 4.80 Å². The molecule has 14 nitrogen and oxygen atoms in total. The van der Waals surface area contributed by atoms with Crippen molar-refractivity contribution in [2.45, 2.75) is 50.2 Å². The monoisotopic (exact) mass is 507 g/mol. The van der Waals surface area contributed by atoms with Crippen LogP contribution in [-0.2, 0) is 25.7 Å². The van der Waals surface area contributed by atoms with Gasteiger partial charge in [-0.25, -0.2) is 4.79 Å². The van der Waals surface area contributed by atoms with Crippen molar-refractivity contribution in [1.29, 1.82) is 0 Å². The fourth-order valence-corrected chi connectivity index (χ4v) is 6.49. The summed E-state index contributed by atoms with van der Waals surface area (Å²) in [6.07, 6.45) is 0.570. The standard InChI is InChI=1S/C20H29N9O5S/c1-8-14-13(9(2)23-12(30)7-28-25-20(21)24-26-28)18(32)29(14)15(19(33)34)16(8)35-10-5-11(22-6-10)17(31)27(3)4/h8-11,13-14,22H,5-7H2,1-4H3,(H2,21,25)(H,23,30)(H,33,34)/t8-,9-,10+,11+,13-,14-/m1/s1. The molecule has 0 radical (unpaired) electrons. The summed E-state index contributed by atoms with van der Waals surface area (Å²) in [7, 11) is 3.40. The second-order valence-electron chi connectivity index (χ2n) is 9.23. The molecule has 0 aliphatic carbocycles. The molecule has 4 heterocycles. The van der Waals surface area contributed by atoms with E-state index < -0.39 is 23.8 Å². The fraction of sp³-hybridized carbons (Fsp3) is 0.650. The van der Waals surface area contributed by atoms with Crippen LogP contribution in [0, 0.1) is 11.8 Å². The molecule has 3 aliphatic heterocycles. The number of β-lactam (4-membered cyclic amide) rings is 1. The Morgan fingerprint density at radius 1 is 1.37 bits per heavy atom. The third-order valence-corrected chi connectivity index (χ3v) is 8.11. The largest absolute Gasteiger partial charge is 0.477 e. The van der Waals surface area contributed by atoms with E-state index in [9.17, 15) is 24.3 Å². The number of hydrogen-bond acceptors (Lipinski definition) is 10. The number of tetrazole rings is 1. The van der Waals surface area contributed by atoms with E-state index in [1.165, 1.54) is 21.6 Å². The number of nitrogens with two attached hydrogens (primary N) is 1. The Labute approximate surface area is 205 Å². The predicted octanol–water partition coefficient (Wildman–Crippen LogP) is -1.92. The number of likely N-dealkylation sites (N-methyl/N-ethyl adjacent to an activating group) is 1. The smallest absolute Gasteiger partial charge is 0.353 e. The van der Waals surface area contributed by atoms with Crippen molar-refractivity contribution in [3.63, 3.8) is 0 Å². The van der Waals surface area contributed by atoms with Gasteiger partial charge in [0.25, 0.3) is 5.95 Å². The molecule has 4 rings (SSSR count). The summed E-state index contributed by atoms with van der Waals surface area (Å²) >= 11 is 1.42. The number of rotatable bonds is 8. The molecule has 3 aliphatic rings. The van der Waals surface area contributed by atoms with Gasteiger partial charge in [0.05, 0.1) is 18.0 Å². The molecule has 2 fully saturated rings. The molecule has 1 aromatic rings. The summed E-state index contributed by atoms with van der Waals surface area (Å²) in [5.41, 5.74) is 5.40. The van der Waals surface area contributed by atoms with Gasteiger partial charge in [0.15, 0.2) is 0 Å². The third-order valence-electron chi connectivity index (χ3n) is 6.60. The minimum atomic E-state index is -1.16. The molecule has 1 aromatic heterocycles. The summed E-state index contributed by atoms with van der Waals surface area (Å²) in [5.74, 6) is -2.78. The first-order valence-electron chi connectivity index (χ1n) is 11.2. The molecule has 0 saturated carbocycles. The first kappa shape index (κ1) is 24.9. The lowest BCUT2D eigenvalue weighted by molar-refractivity contribution is -0.158. The van der Waals surface area contributed by atoms with Gasteiger partial charge in [0.2, 0.25) is 17.7 Å². The van der Waals surface area contributed by atoms with Crippen molar-refractivity contribution in [3.05, 3.63) is 10.6 Å². The quantitative estimate of drug-likeness (QED) is 0.287. The first-order chi connectivity index (χ1) is 16.5. The van der Waals surface area contributed by atoms with Gasteiger partial charge in [-0.3, -0.25) is 14.4 Å². The van der Waals surface area contributed by atoms with Gasteiger partial charge in [0.1, 0.15) is 12.2 Å². The number of carbonyl (C=O) groups excluding carboxylic acids is 3. The topological polar surface area (TPSA) is 189 Å². The number of anilines is 1. The Morgan fingerprint density at radius 2 is 2.09 bits per heavy atom. The summed E-state index contributed by atoms with van der Waals surface area (Å²) in [6.45, 7) is 3.97. The Bertz CT molecular complexity index is 1090. The molecule has 5 N–H and O–H groups in total. The molecule has 35 heavy (non-hydrogen) atoms. The Hall–Kier alpha value is -3.20. The second kappa shape index (κ2) is 9.45. The number of thioether (sulfide) groups is 1. The first-order valence-corrected chi connectivity index (χ1v) is 12.1. The molecule has 15 heteroatoms. The van der Waals surface area contributed by atoms with E-state index in [-0.39, 0.29) is 53.3 Å². The molecule has 0 aromatic carbocycles. The van der Waals surface area contributed by atoms with E-state index in [4.69, 9.17) is 5.73 Å². The zero-order valence-electron chi connectivity index (χ0n) is 19.8. The van der Waals surface area contributed by atoms with Crippen molar-refractivity contribution in [3.8, 4) is 0 Å². The van der Waals surface area contributed by atoms with Gasteiger partial charge in [-0.15, -0.1) is 16.9 Å². The highest BCUT2D eigenvalue weighted by Crippen LogP contribution is 2.51. The van der Waals surface area contributed by atoms with Crippen molar-refractivity contribution in [2.75, 3.05) is 26.4 Å². The van der Waals surface area contributed by atoms with Crippen LogP contribution in [0.2, 0.25) is 0 Å². The summed E-state index contributed by atoms with van der Waals surface area (Å²) in [6, 6.07) is -1.22. The number of carboxylic acid groups (broad SMARTS) is 1. The maximum atomic E-state index is 13.0. The third kappa shape index (κ3) is 4.57. The van der Waals surface area contributed by atoms with Gasteiger partial charge in [-0.05, 0) is 18.6 Å². The number of carboxylic acids is 1. The van der Waals surface area contributed by atoms with Crippen LogP contribution in [0.4, 0.5) is 5.95 Å². The number of nitrogens with one attached hydrogen (secondary N) is 2. The number of fused-ring (bicyclic) bond motifs is 1. The van der Waals surface area contributed by atoms with Crippen molar-refractivity contribution in [1.82, 2.24) is 40.6 Å². The van der Waals surface area contributed by atoms with Crippen LogP contribution < -0.4 is 16.4 Å². The summed E-state index contributed by atoms with van der Waals surface area (Å²) < 4.78 is 0. The molecule has 2 saturated heterocycles. The zero-order chi connectivity index (χ0) is 25.6. The number of aromatic nitrogens is 4. The molecule has 3 amide bonds. The highest BCUT2D eigenvalue weighted by atomic mass is 32.2. The van der Waals surface area contributed by atoms with Gasteiger partial charge >= 0.3 is 5.97 Å². The molecule has 190 valence electrons. The van der Waals surface area contributed by atoms with E-state index in [0.29, 0.717) is 17.9 Å². The number of nitrogens with zero attached hydrogens (tertiary/aromatic N) is 6. The lowest BCUT2D eigenvalue weighted by Gasteiger charge is -2.47. The number of nitrogen functional groups attached to an aromatic ring is 1. The summed E-state index contributed by atoms with van der Waals surface area (Å²) in [5, 5.41) is 26.8. The van der Waals surface area contributed by atoms with Gasteiger partial charge in [0, 0.05) is 42.8 Å². The van der Waals surface area contributed by atoms with Crippen LogP contribution >= 0.6 is 11.8 Å². The molecule has 6 atom stereocenters. The van der Waals surface area contributed by atoms with Crippen LogP contribution in [0.25, 0.3) is 0 Å². The molecule has 0 bridgehead atoms. The van der Waals surface area contributed by atoms with E-state index in [1.807, 2.05) is 6.92 Å². The number of aliphatic carboxylic acids is 1. The fourth-order valence-electron chi connectivity index (χ4n) is 5.01. The minimum Gasteiger partial charge on any atom is -0.477 e. The Balaban J connectivity index is 1.43. The van der Waals surface area contributed by atoms with Crippen LogP contribution in [0.1, 0.15) is 20.3 Å². The Kier molecular flexibility index (Phi) is 6.73. The molecular weight excluding hydrogens is 478 g/mol. The van der Waals surface area contributed by atoms with Crippen LogP contribution in [0.3, 0.4) is 0 Å². The second-order valence-corrected chi connectivity index (χ2v) is 10.6. The highest BCUT2D eigenvalue weighted by Gasteiger charge is 2.60. The minimum absolute atomic E-state index is 0.00250. The van der Waals surface area contributed by atoms with E-state index >= 15 is 0 Å².